The summed E-state index contributed by atoms with van der Waals surface area (Å²) in [6.45, 7) is 5.91. The zero-order valence-electron chi connectivity index (χ0n) is 23.7. The van der Waals surface area contributed by atoms with E-state index in [0.29, 0.717) is 12.1 Å². The third-order valence-corrected chi connectivity index (χ3v) is 8.36. The topological polar surface area (TPSA) is 144 Å². The summed E-state index contributed by atoms with van der Waals surface area (Å²) in [7, 11) is 1.73. The van der Waals surface area contributed by atoms with E-state index in [0.717, 1.165) is 5.56 Å². The number of rotatable bonds is 9. The van der Waals surface area contributed by atoms with Gasteiger partial charge in [0.1, 0.15) is 23.8 Å². The van der Waals surface area contributed by atoms with Gasteiger partial charge in [-0.05, 0) is 45.2 Å². The van der Waals surface area contributed by atoms with Crippen LogP contribution in [-0.2, 0) is 23.7 Å². The van der Waals surface area contributed by atoms with Crippen LogP contribution in [0.3, 0.4) is 0 Å². The number of aliphatic hydroxyl groups excluding tert-OH is 1. The van der Waals surface area contributed by atoms with Gasteiger partial charge in [0, 0.05) is 12.6 Å². The second-order valence-corrected chi connectivity index (χ2v) is 11.4. The van der Waals surface area contributed by atoms with Gasteiger partial charge in [0.2, 0.25) is 5.91 Å². The van der Waals surface area contributed by atoms with Crippen molar-refractivity contribution in [3.63, 3.8) is 0 Å². The zero-order valence-corrected chi connectivity index (χ0v) is 23.7. The standard InChI is InChI=1S/C28H37BN4O7/c1-16(2)15-23(29-33(6,17(3)27(37)39-29)18(4)28(38)40-29)31-26(36)24(19(5)34)32-25(35)22-14-10-13-21(30-22)20-11-8-7-9-12-20/h7-14,16-19,23-24,34H,15H2,1-6H3,(H,31,36)(H,32,35)/t17-,18+,19-,23+,24+,29?,33?/m1/s1. The maximum absolute atomic E-state index is 13.6. The quantitative estimate of drug-likeness (QED) is 0.398. The van der Waals surface area contributed by atoms with Crippen LogP contribution in [0, 0.1) is 5.92 Å². The molecule has 0 spiro atoms. The predicted molar refractivity (Wildman–Crippen MR) is 147 cm³/mol. The van der Waals surface area contributed by atoms with Crippen molar-refractivity contribution in [1.82, 2.24) is 15.6 Å². The van der Waals surface area contributed by atoms with E-state index in [-0.39, 0.29) is 16.0 Å². The molecule has 40 heavy (non-hydrogen) atoms. The lowest BCUT2D eigenvalue weighted by molar-refractivity contribution is -0.840. The molecule has 0 bridgehead atoms. The van der Waals surface area contributed by atoms with Crippen LogP contribution in [-0.4, -0.2) is 82.1 Å². The van der Waals surface area contributed by atoms with Crippen molar-refractivity contribution in [3.8, 4) is 11.3 Å². The molecule has 0 saturated carbocycles. The van der Waals surface area contributed by atoms with Crippen LogP contribution < -0.4 is 10.6 Å². The normalized spacial score (nSPS) is 27.8. The molecular weight excluding hydrogens is 515 g/mol. The molecule has 2 aliphatic heterocycles. The number of carbonyl (C=O) groups is 4. The van der Waals surface area contributed by atoms with E-state index in [4.69, 9.17) is 9.31 Å². The number of aromatic nitrogens is 1. The monoisotopic (exact) mass is 552 g/mol. The minimum Gasteiger partial charge on any atom is -0.599 e. The number of aliphatic hydroxyl groups is 1. The van der Waals surface area contributed by atoms with Crippen molar-refractivity contribution >= 4 is 30.4 Å². The Morgan fingerprint density at radius 1 is 0.975 bits per heavy atom. The molecule has 4 rings (SSSR count). The first-order valence-corrected chi connectivity index (χ1v) is 13.6. The molecule has 7 atom stereocenters. The Bertz CT molecular complexity index is 1280. The highest BCUT2D eigenvalue weighted by molar-refractivity contribution is 6.68. The molecule has 2 fully saturated rings. The molecule has 1 aromatic heterocycles. The molecule has 214 valence electrons. The Morgan fingerprint density at radius 2 is 1.57 bits per heavy atom. The second kappa shape index (κ2) is 11.0. The highest BCUT2D eigenvalue weighted by atomic mass is 16.7. The van der Waals surface area contributed by atoms with Crippen LogP contribution in [0.2, 0.25) is 0 Å². The molecule has 2 aliphatic rings. The Kier molecular flexibility index (Phi) is 8.05. The molecule has 1 aromatic carbocycles. The lowest BCUT2D eigenvalue weighted by Gasteiger charge is -2.49. The largest absolute Gasteiger partial charge is 0.605 e. The second-order valence-electron chi connectivity index (χ2n) is 11.4. The van der Waals surface area contributed by atoms with E-state index >= 15 is 0 Å². The number of nitrogens with zero attached hydrogens (tertiary/aromatic N) is 2. The highest BCUT2D eigenvalue weighted by Crippen LogP contribution is 2.44. The van der Waals surface area contributed by atoms with Crippen LogP contribution in [0.5, 0.6) is 0 Å². The van der Waals surface area contributed by atoms with E-state index < -0.39 is 60.6 Å². The number of carbonyl (C=O) groups excluding carboxylic acids is 4. The van der Waals surface area contributed by atoms with Gasteiger partial charge < -0.3 is 29.4 Å². The number of hydrogen-bond acceptors (Lipinski definition) is 8. The summed E-state index contributed by atoms with van der Waals surface area (Å²) in [4.78, 5) is 56.8. The fraction of sp³-hybridized carbons (Fsp3) is 0.464. The van der Waals surface area contributed by atoms with Crippen LogP contribution >= 0.6 is 0 Å². The first-order valence-electron chi connectivity index (χ1n) is 13.6. The van der Waals surface area contributed by atoms with E-state index in [1.165, 1.54) is 13.0 Å². The highest BCUT2D eigenvalue weighted by Gasteiger charge is 2.74. The maximum atomic E-state index is 13.6. The van der Waals surface area contributed by atoms with Gasteiger partial charge in [0.05, 0.1) is 17.7 Å². The third kappa shape index (κ3) is 4.97. The minimum absolute atomic E-state index is 0.0173. The number of likely N-dealkylation sites (N-methyl/N-ethyl adjacent to an activating group) is 1. The number of amides is 2. The van der Waals surface area contributed by atoms with Gasteiger partial charge in [-0.15, -0.1) is 0 Å². The molecule has 11 nitrogen and oxygen atoms in total. The summed E-state index contributed by atoms with van der Waals surface area (Å²) in [5.74, 6) is -3.27. The average molecular weight is 552 g/mol. The van der Waals surface area contributed by atoms with Crippen LogP contribution in [0.15, 0.2) is 48.5 Å². The molecular formula is C28H37BN4O7. The molecule has 2 aromatic rings. The predicted octanol–water partition coefficient (Wildman–Crippen LogP) is 1.57. The molecule has 0 radical (unpaired) electrons. The Morgan fingerprint density at radius 3 is 2.12 bits per heavy atom. The minimum atomic E-state index is -2.67. The number of fused-ring (bicyclic) bond motifs is 1. The lowest BCUT2D eigenvalue weighted by atomic mass is 9.57. The van der Waals surface area contributed by atoms with E-state index in [1.54, 1.807) is 33.0 Å². The molecule has 2 amide bonds. The summed E-state index contributed by atoms with van der Waals surface area (Å²) in [6, 6.07) is 11.6. The van der Waals surface area contributed by atoms with E-state index in [9.17, 15) is 24.3 Å². The summed E-state index contributed by atoms with van der Waals surface area (Å²) in [5.41, 5.74) is 1.47. The third-order valence-electron chi connectivity index (χ3n) is 8.36. The van der Waals surface area contributed by atoms with Gasteiger partial charge in [0.25, 0.3) is 5.91 Å². The average Bonchev–Trinajstić information content (AvgIpc) is 3.24. The van der Waals surface area contributed by atoms with Gasteiger partial charge >= 0.3 is 18.6 Å². The first-order chi connectivity index (χ1) is 18.8. The summed E-state index contributed by atoms with van der Waals surface area (Å²) in [6.07, 6.45) is -0.956. The Balaban J connectivity index is 1.60. The van der Waals surface area contributed by atoms with E-state index in [1.807, 2.05) is 44.2 Å². The number of quaternary nitrogens is 1. The lowest BCUT2D eigenvalue weighted by Crippen LogP contribution is -2.75. The van der Waals surface area contributed by atoms with Gasteiger partial charge in [-0.3, -0.25) is 9.59 Å². The smallest absolute Gasteiger partial charge is 0.599 e. The molecule has 12 heteroatoms. The van der Waals surface area contributed by atoms with E-state index in [2.05, 4.69) is 15.6 Å². The summed E-state index contributed by atoms with van der Waals surface area (Å²) >= 11 is 0. The SMILES string of the molecule is CC(C)C[C@H](NC(=O)[C@@H](NC(=O)c1cccc(-c2ccccc2)n1)[C@@H](C)O)[B-]12OC(=O)[C@@H](C)[N+]1(C)[C@@H](C)C(=O)O2. The van der Waals surface area contributed by atoms with Crippen molar-refractivity contribution in [2.75, 3.05) is 7.05 Å². The summed E-state index contributed by atoms with van der Waals surface area (Å²) < 4.78 is 11.5. The number of hydrogen-bond donors (Lipinski definition) is 3. The Hall–Kier alpha value is -3.77. The molecule has 0 aliphatic carbocycles. The van der Waals surface area contributed by atoms with Crippen LogP contribution in [0.4, 0.5) is 0 Å². The molecule has 2 unspecified atom stereocenters. The van der Waals surface area contributed by atoms with Crippen molar-refractivity contribution < 1.29 is 38.0 Å². The molecule has 3 N–H and O–H groups in total. The number of pyridine rings is 1. The van der Waals surface area contributed by atoms with Gasteiger partial charge in [-0.25, -0.2) is 14.6 Å². The maximum Gasteiger partial charge on any atom is 0.605 e. The van der Waals surface area contributed by atoms with Gasteiger partial charge in [-0.1, -0.05) is 50.2 Å². The van der Waals surface area contributed by atoms with Gasteiger partial charge in [-0.2, -0.15) is 0 Å². The van der Waals surface area contributed by atoms with Crippen molar-refractivity contribution in [2.45, 2.75) is 71.2 Å². The number of nitrogens with one attached hydrogen (secondary N) is 2. The fourth-order valence-electron chi connectivity index (χ4n) is 5.81. The zero-order chi connectivity index (χ0) is 29.4. The van der Waals surface area contributed by atoms with Crippen LogP contribution in [0.1, 0.15) is 51.5 Å². The van der Waals surface area contributed by atoms with Crippen molar-refractivity contribution in [1.29, 1.82) is 0 Å². The first kappa shape index (κ1) is 29.2. The molecule has 3 heterocycles. The molecule has 2 saturated heterocycles. The summed E-state index contributed by atoms with van der Waals surface area (Å²) in [5, 5.41) is 16.0. The number of benzene rings is 1. The van der Waals surface area contributed by atoms with Crippen molar-refractivity contribution in [3.05, 3.63) is 54.2 Å². The van der Waals surface area contributed by atoms with Crippen molar-refractivity contribution in [2.24, 2.45) is 5.92 Å². The van der Waals surface area contributed by atoms with Gasteiger partial charge in [0.15, 0.2) is 0 Å². The Labute approximate surface area is 233 Å². The van der Waals surface area contributed by atoms with Crippen LogP contribution in [0.25, 0.3) is 11.3 Å². The fourth-order valence-corrected chi connectivity index (χ4v) is 5.81.